The second-order valence-electron chi connectivity index (χ2n) is 5.33. The van der Waals surface area contributed by atoms with Crippen molar-refractivity contribution in [3.63, 3.8) is 0 Å². The molecule has 0 spiro atoms. The van der Waals surface area contributed by atoms with Crippen molar-refractivity contribution >= 4 is 23.2 Å². The second kappa shape index (κ2) is 17.6. The number of halogens is 2. The molecule has 0 aliphatic rings. The molecule has 0 atom stereocenters. The first-order valence-corrected chi connectivity index (χ1v) is 9.10. The van der Waals surface area contributed by atoms with E-state index in [2.05, 4.69) is 0 Å². The fraction of sp³-hybridized carbons (Fsp3) is 1.00. The van der Waals surface area contributed by atoms with Crippen molar-refractivity contribution < 1.29 is 0 Å². The van der Waals surface area contributed by atoms with Gasteiger partial charge in [-0.2, -0.15) is 0 Å². The molecule has 0 aliphatic heterocycles. The third kappa shape index (κ3) is 16.6. The Morgan fingerprint density at radius 2 is 0.444 bits per heavy atom. The summed E-state index contributed by atoms with van der Waals surface area (Å²) in [5, 5.41) is 0. The zero-order chi connectivity index (χ0) is 13.3. The number of unbranched alkanes of at least 4 members (excludes halogenated alkanes) is 13. The van der Waals surface area contributed by atoms with Crippen LogP contribution in [0.5, 0.6) is 0 Å². The van der Waals surface area contributed by atoms with Crippen LogP contribution < -0.4 is 0 Å². The maximum atomic E-state index is 5.65. The Labute approximate surface area is 125 Å². The summed E-state index contributed by atoms with van der Waals surface area (Å²) in [6.45, 7) is 0. The van der Waals surface area contributed by atoms with E-state index in [0.717, 1.165) is 11.8 Å². The number of hydrogen-bond acceptors (Lipinski definition) is 0. The first kappa shape index (κ1) is 18.6. The summed E-state index contributed by atoms with van der Waals surface area (Å²) in [5.41, 5.74) is 0. The molecule has 18 heavy (non-hydrogen) atoms. The van der Waals surface area contributed by atoms with Gasteiger partial charge in [0.2, 0.25) is 0 Å². The topological polar surface area (TPSA) is 0 Å². The summed E-state index contributed by atoms with van der Waals surface area (Å²) in [6.07, 6.45) is 19.3. The fourth-order valence-corrected chi connectivity index (χ4v) is 2.69. The molecule has 0 N–H and O–H groups in total. The molecular formula is C16H32Cl2. The maximum Gasteiger partial charge on any atom is 0.0223 e. The van der Waals surface area contributed by atoms with E-state index < -0.39 is 0 Å². The molecule has 0 saturated carbocycles. The van der Waals surface area contributed by atoms with Crippen molar-refractivity contribution in [1.82, 2.24) is 0 Å². The van der Waals surface area contributed by atoms with Gasteiger partial charge in [-0.3, -0.25) is 0 Å². The largest absolute Gasteiger partial charge is 0.127 e. The van der Waals surface area contributed by atoms with Crippen LogP contribution in [0.15, 0.2) is 0 Å². The van der Waals surface area contributed by atoms with E-state index in [1.807, 2.05) is 0 Å². The number of alkyl halides is 2. The van der Waals surface area contributed by atoms with Gasteiger partial charge in [0, 0.05) is 11.8 Å². The predicted molar refractivity (Wildman–Crippen MR) is 86.1 cm³/mol. The van der Waals surface area contributed by atoms with Crippen LogP contribution in [-0.2, 0) is 0 Å². The lowest BCUT2D eigenvalue weighted by Gasteiger charge is -2.02. The lowest BCUT2D eigenvalue weighted by molar-refractivity contribution is 0.538. The Bertz CT molecular complexity index is 121. The zero-order valence-electron chi connectivity index (χ0n) is 12.1. The molecule has 0 unspecified atom stereocenters. The van der Waals surface area contributed by atoms with Crippen molar-refractivity contribution in [2.45, 2.75) is 89.9 Å². The van der Waals surface area contributed by atoms with Gasteiger partial charge in [-0.15, -0.1) is 23.2 Å². The molecule has 0 bridgehead atoms. The van der Waals surface area contributed by atoms with Crippen LogP contribution in [0.4, 0.5) is 0 Å². The van der Waals surface area contributed by atoms with Gasteiger partial charge in [-0.05, 0) is 12.8 Å². The first-order valence-electron chi connectivity index (χ1n) is 8.03. The van der Waals surface area contributed by atoms with Gasteiger partial charge in [0.25, 0.3) is 0 Å². The first-order chi connectivity index (χ1) is 8.91. The van der Waals surface area contributed by atoms with E-state index in [1.54, 1.807) is 0 Å². The Kier molecular flexibility index (Phi) is 18.1. The van der Waals surface area contributed by atoms with Gasteiger partial charge in [0.1, 0.15) is 0 Å². The molecule has 0 radical (unpaired) electrons. The minimum atomic E-state index is 0.838. The molecule has 0 amide bonds. The summed E-state index contributed by atoms with van der Waals surface area (Å²) < 4.78 is 0. The van der Waals surface area contributed by atoms with Gasteiger partial charge in [-0.1, -0.05) is 77.0 Å². The average Bonchev–Trinajstić information content (AvgIpc) is 2.39. The van der Waals surface area contributed by atoms with E-state index in [9.17, 15) is 0 Å². The molecule has 0 aromatic heterocycles. The van der Waals surface area contributed by atoms with Crippen molar-refractivity contribution in [3.05, 3.63) is 0 Å². The van der Waals surface area contributed by atoms with Gasteiger partial charge in [-0.25, -0.2) is 0 Å². The van der Waals surface area contributed by atoms with Crippen molar-refractivity contribution in [1.29, 1.82) is 0 Å². The highest BCUT2D eigenvalue weighted by Crippen LogP contribution is 2.13. The van der Waals surface area contributed by atoms with Gasteiger partial charge in [0.15, 0.2) is 0 Å². The third-order valence-corrected chi connectivity index (χ3v) is 4.05. The highest BCUT2D eigenvalue weighted by molar-refractivity contribution is 6.18. The molecule has 0 rings (SSSR count). The molecule has 0 saturated heterocycles. The second-order valence-corrected chi connectivity index (χ2v) is 6.08. The van der Waals surface area contributed by atoms with Crippen LogP contribution in [0.25, 0.3) is 0 Å². The number of hydrogen-bond donors (Lipinski definition) is 0. The third-order valence-electron chi connectivity index (χ3n) is 3.52. The van der Waals surface area contributed by atoms with E-state index in [-0.39, 0.29) is 0 Å². The highest BCUT2D eigenvalue weighted by atomic mass is 35.5. The zero-order valence-corrected chi connectivity index (χ0v) is 13.6. The summed E-state index contributed by atoms with van der Waals surface area (Å²) in [7, 11) is 0. The van der Waals surface area contributed by atoms with Crippen LogP contribution in [0.3, 0.4) is 0 Å². The lowest BCUT2D eigenvalue weighted by atomic mass is 10.0. The Morgan fingerprint density at radius 3 is 0.611 bits per heavy atom. The molecule has 0 aromatic carbocycles. The van der Waals surface area contributed by atoms with E-state index >= 15 is 0 Å². The molecular weight excluding hydrogens is 263 g/mol. The summed E-state index contributed by atoms with van der Waals surface area (Å²) in [5.74, 6) is 1.68. The molecule has 0 nitrogen and oxygen atoms in total. The molecule has 0 aliphatic carbocycles. The monoisotopic (exact) mass is 294 g/mol. The van der Waals surface area contributed by atoms with Crippen molar-refractivity contribution in [3.8, 4) is 0 Å². The van der Waals surface area contributed by atoms with Crippen LogP contribution in [-0.4, -0.2) is 11.8 Å². The quantitative estimate of drug-likeness (QED) is 0.227. The van der Waals surface area contributed by atoms with Crippen molar-refractivity contribution in [2.24, 2.45) is 0 Å². The smallest absolute Gasteiger partial charge is 0.0223 e. The van der Waals surface area contributed by atoms with E-state index in [1.165, 1.54) is 89.9 Å². The van der Waals surface area contributed by atoms with Crippen LogP contribution in [0.1, 0.15) is 89.9 Å². The standard InChI is InChI=1S/C16H32Cl2/c17-15-13-11-9-7-5-3-1-2-4-6-8-10-12-14-16-18/h1-16H2. The minimum absolute atomic E-state index is 0.838. The molecule has 2 heteroatoms. The SMILES string of the molecule is ClCCCCCCCCCCCCCCCCCl. The normalized spacial score (nSPS) is 11.0. The van der Waals surface area contributed by atoms with Gasteiger partial charge < -0.3 is 0 Å². The Hall–Kier alpha value is 0.580. The number of rotatable bonds is 15. The van der Waals surface area contributed by atoms with E-state index in [0.29, 0.717) is 0 Å². The molecule has 0 fully saturated rings. The molecule has 110 valence electrons. The van der Waals surface area contributed by atoms with Crippen LogP contribution in [0.2, 0.25) is 0 Å². The highest BCUT2D eigenvalue weighted by Gasteiger charge is 1.93. The summed E-state index contributed by atoms with van der Waals surface area (Å²) in [6, 6.07) is 0. The summed E-state index contributed by atoms with van der Waals surface area (Å²) in [4.78, 5) is 0. The van der Waals surface area contributed by atoms with E-state index in [4.69, 9.17) is 23.2 Å². The Morgan fingerprint density at radius 1 is 0.278 bits per heavy atom. The predicted octanol–water partition coefficient (Wildman–Crippen LogP) is 6.93. The van der Waals surface area contributed by atoms with Gasteiger partial charge >= 0.3 is 0 Å². The summed E-state index contributed by atoms with van der Waals surface area (Å²) >= 11 is 11.3. The van der Waals surface area contributed by atoms with Crippen molar-refractivity contribution in [2.75, 3.05) is 11.8 Å². The maximum absolute atomic E-state index is 5.65. The van der Waals surface area contributed by atoms with Crippen LogP contribution in [0, 0.1) is 0 Å². The molecule has 0 heterocycles. The average molecular weight is 295 g/mol. The van der Waals surface area contributed by atoms with Gasteiger partial charge in [0.05, 0.1) is 0 Å². The fourth-order valence-electron chi connectivity index (χ4n) is 2.31. The Balaban J connectivity index is 2.86. The lowest BCUT2D eigenvalue weighted by Crippen LogP contribution is -1.84. The molecule has 0 aromatic rings. The minimum Gasteiger partial charge on any atom is -0.127 e. The van der Waals surface area contributed by atoms with Crippen LogP contribution >= 0.6 is 23.2 Å².